The summed E-state index contributed by atoms with van der Waals surface area (Å²) in [6.07, 6.45) is -0.152. The monoisotopic (exact) mass is 605 g/mol. The molecule has 0 saturated heterocycles. The highest BCUT2D eigenvalue weighted by Gasteiger charge is 2.26. The highest BCUT2D eigenvalue weighted by atomic mass is 16.5. The first-order chi connectivity index (χ1) is 22.0. The summed E-state index contributed by atoms with van der Waals surface area (Å²) in [4.78, 5) is 0. The zero-order valence-corrected chi connectivity index (χ0v) is 25.0. The van der Waals surface area contributed by atoms with Gasteiger partial charge in [-0.2, -0.15) is 0 Å². The fourth-order valence-corrected chi connectivity index (χ4v) is 5.38. The van der Waals surface area contributed by atoms with E-state index in [1.54, 1.807) is 42.5 Å². The van der Waals surface area contributed by atoms with E-state index in [1.165, 1.54) is 0 Å². The van der Waals surface area contributed by atoms with Gasteiger partial charge in [-0.15, -0.1) is 0 Å². The maximum Gasteiger partial charge on any atom is 0.125 e. The van der Waals surface area contributed by atoms with Crippen LogP contribution in [0.1, 0.15) is 33.7 Å². The number of aromatic hydroxyl groups is 2. The zero-order chi connectivity index (χ0) is 31.4. The maximum absolute atomic E-state index is 11.0. The fraction of sp³-hybridized carbons (Fsp3) is 0.211. The number of rotatable bonds is 15. The molecule has 5 rings (SSSR count). The van der Waals surface area contributed by atoms with Crippen LogP contribution in [0.2, 0.25) is 0 Å². The average molecular weight is 606 g/mol. The van der Waals surface area contributed by atoms with Crippen LogP contribution in [0.15, 0.2) is 127 Å². The van der Waals surface area contributed by atoms with Crippen molar-refractivity contribution in [2.75, 3.05) is 13.2 Å². The van der Waals surface area contributed by atoms with E-state index in [2.05, 4.69) is 17.4 Å². The smallest absolute Gasteiger partial charge is 0.125 e. The number of ether oxygens (including phenoxy) is 2. The van der Waals surface area contributed by atoms with Crippen molar-refractivity contribution in [1.82, 2.24) is 5.32 Å². The molecular formula is C38H39NO6. The molecule has 0 heterocycles. The summed E-state index contributed by atoms with van der Waals surface area (Å²) in [6.45, 7) is 0.485. The van der Waals surface area contributed by atoms with E-state index in [9.17, 15) is 20.4 Å². The second-order valence-corrected chi connectivity index (χ2v) is 11.0. The molecule has 7 heteroatoms. The van der Waals surface area contributed by atoms with E-state index in [1.807, 2.05) is 72.8 Å². The van der Waals surface area contributed by atoms with E-state index in [4.69, 9.17) is 9.47 Å². The van der Waals surface area contributed by atoms with Crippen molar-refractivity contribution >= 4 is 0 Å². The lowest BCUT2D eigenvalue weighted by Crippen LogP contribution is -2.43. The van der Waals surface area contributed by atoms with Gasteiger partial charge in [0.15, 0.2) is 0 Å². The van der Waals surface area contributed by atoms with Gasteiger partial charge in [-0.1, -0.05) is 84.9 Å². The second kappa shape index (κ2) is 15.8. The summed E-state index contributed by atoms with van der Waals surface area (Å²) >= 11 is 0. The molecule has 0 aliphatic rings. The Morgan fingerprint density at radius 2 is 1.22 bits per heavy atom. The summed E-state index contributed by atoms with van der Waals surface area (Å²) in [7, 11) is 0. The predicted molar refractivity (Wildman–Crippen MR) is 175 cm³/mol. The normalized spacial score (nSPS) is 12.5. The van der Waals surface area contributed by atoms with Crippen LogP contribution in [0, 0.1) is 0 Å². The van der Waals surface area contributed by atoms with Crippen molar-refractivity contribution in [3.63, 3.8) is 0 Å². The predicted octanol–water partition coefficient (Wildman–Crippen LogP) is 5.94. The Kier molecular flexibility index (Phi) is 11.1. The molecular weight excluding hydrogens is 566 g/mol. The van der Waals surface area contributed by atoms with Crippen molar-refractivity contribution in [3.05, 3.63) is 155 Å². The largest absolute Gasteiger partial charge is 0.508 e. The summed E-state index contributed by atoms with van der Waals surface area (Å²) in [5, 5.41) is 44.4. The van der Waals surface area contributed by atoms with Crippen molar-refractivity contribution in [3.8, 4) is 23.0 Å². The molecule has 0 spiro atoms. The van der Waals surface area contributed by atoms with Gasteiger partial charge in [-0.3, -0.25) is 0 Å². The summed E-state index contributed by atoms with van der Waals surface area (Å²) in [5.74, 6) is 1.33. The van der Waals surface area contributed by atoms with Crippen LogP contribution in [-0.4, -0.2) is 45.7 Å². The van der Waals surface area contributed by atoms with E-state index < -0.39 is 6.10 Å². The lowest BCUT2D eigenvalue weighted by molar-refractivity contribution is 0.103. The standard InChI is InChI=1S/C38H39NO6/c40-24-31-22-35(19-20-37(31)45-25-28-9-5-2-6-10-28)44-26-34(43)23-39-36(21-27-7-3-1-4-8-27)38(29-11-15-32(41)16-12-29)30-13-17-33(42)18-14-30/h1-20,22,34,36,38-43H,21,23-26H2/t34-,36?/m0/s1. The minimum Gasteiger partial charge on any atom is -0.508 e. The number of benzene rings is 5. The molecule has 0 fully saturated rings. The summed E-state index contributed by atoms with van der Waals surface area (Å²) in [6, 6.07) is 39.4. The van der Waals surface area contributed by atoms with Gasteiger partial charge in [-0.05, 0) is 71.1 Å². The number of nitrogens with one attached hydrogen (secondary N) is 1. The second-order valence-electron chi connectivity index (χ2n) is 11.0. The van der Waals surface area contributed by atoms with Crippen LogP contribution >= 0.6 is 0 Å². The van der Waals surface area contributed by atoms with Crippen LogP contribution < -0.4 is 14.8 Å². The first kappa shape index (κ1) is 31.6. The lowest BCUT2D eigenvalue weighted by Gasteiger charge is -2.30. The average Bonchev–Trinajstić information content (AvgIpc) is 3.08. The highest BCUT2D eigenvalue weighted by Crippen LogP contribution is 2.32. The summed E-state index contributed by atoms with van der Waals surface area (Å²) < 4.78 is 11.8. The van der Waals surface area contributed by atoms with Gasteiger partial charge in [0.25, 0.3) is 0 Å². The Labute approximate surface area is 264 Å². The Morgan fingerprint density at radius 1 is 0.644 bits per heavy atom. The zero-order valence-electron chi connectivity index (χ0n) is 25.0. The highest BCUT2D eigenvalue weighted by molar-refractivity contribution is 5.41. The molecule has 1 unspecified atom stereocenters. The molecule has 2 atom stereocenters. The van der Waals surface area contributed by atoms with Crippen molar-refractivity contribution in [2.24, 2.45) is 0 Å². The Morgan fingerprint density at radius 3 is 1.80 bits per heavy atom. The SMILES string of the molecule is OCc1cc(OC[C@@H](O)CNC(Cc2ccccc2)C(c2ccc(O)cc2)c2ccc(O)cc2)ccc1OCc1ccccc1. The van der Waals surface area contributed by atoms with Crippen molar-refractivity contribution < 1.29 is 29.9 Å². The topological polar surface area (TPSA) is 111 Å². The molecule has 0 radical (unpaired) electrons. The van der Waals surface area contributed by atoms with E-state index in [-0.39, 0.29) is 43.2 Å². The van der Waals surface area contributed by atoms with Crippen LogP contribution in [0.25, 0.3) is 0 Å². The van der Waals surface area contributed by atoms with Gasteiger partial charge in [0, 0.05) is 24.1 Å². The van der Waals surface area contributed by atoms with Gasteiger partial charge >= 0.3 is 0 Å². The molecule has 7 nitrogen and oxygen atoms in total. The van der Waals surface area contributed by atoms with Crippen molar-refractivity contribution in [2.45, 2.75) is 37.7 Å². The van der Waals surface area contributed by atoms with E-state index in [0.717, 1.165) is 22.3 Å². The molecule has 0 aliphatic carbocycles. The number of phenols is 2. The quantitative estimate of drug-likeness (QED) is 0.100. The molecule has 232 valence electrons. The number of aliphatic hydroxyl groups is 2. The molecule has 5 aromatic rings. The third-order valence-corrected chi connectivity index (χ3v) is 7.70. The lowest BCUT2D eigenvalue weighted by atomic mass is 9.82. The van der Waals surface area contributed by atoms with Gasteiger partial charge in [0.05, 0.1) is 6.61 Å². The Bertz CT molecular complexity index is 1550. The molecule has 5 aromatic carbocycles. The minimum atomic E-state index is -0.824. The van der Waals surface area contributed by atoms with Crippen LogP contribution in [0.3, 0.4) is 0 Å². The van der Waals surface area contributed by atoms with Crippen molar-refractivity contribution in [1.29, 1.82) is 0 Å². The third-order valence-electron chi connectivity index (χ3n) is 7.70. The molecule has 0 bridgehead atoms. The molecule has 5 N–H and O–H groups in total. The number of phenolic OH excluding ortho intramolecular Hbond substituents is 2. The molecule has 0 amide bonds. The Balaban J connectivity index is 1.27. The molecule has 0 saturated carbocycles. The first-order valence-electron chi connectivity index (χ1n) is 15.0. The Hall–Kier alpha value is -4.82. The van der Waals surface area contributed by atoms with Crippen LogP contribution in [0.5, 0.6) is 23.0 Å². The van der Waals surface area contributed by atoms with E-state index in [0.29, 0.717) is 30.1 Å². The molecule has 45 heavy (non-hydrogen) atoms. The maximum atomic E-state index is 11.0. The minimum absolute atomic E-state index is 0.0449. The van der Waals surface area contributed by atoms with Gasteiger partial charge in [-0.25, -0.2) is 0 Å². The first-order valence-corrected chi connectivity index (χ1v) is 15.0. The molecule has 0 aromatic heterocycles. The number of hydrogen-bond acceptors (Lipinski definition) is 7. The summed E-state index contributed by atoms with van der Waals surface area (Å²) in [5.41, 5.74) is 4.74. The molecule has 0 aliphatic heterocycles. The van der Waals surface area contributed by atoms with Crippen LogP contribution in [-0.2, 0) is 19.6 Å². The van der Waals surface area contributed by atoms with Crippen LogP contribution in [0.4, 0.5) is 0 Å². The van der Waals surface area contributed by atoms with Gasteiger partial charge in [0.2, 0.25) is 0 Å². The van der Waals surface area contributed by atoms with E-state index >= 15 is 0 Å². The fourth-order valence-electron chi connectivity index (χ4n) is 5.38. The number of aliphatic hydroxyl groups excluding tert-OH is 2. The third kappa shape index (κ3) is 9.09. The number of hydrogen-bond donors (Lipinski definition) is 5. The van der Waals surface area contributed by atoms with Gasteiger partial charge < -0.3 is 35.2 Å². The van der Waals surface area contributed by atoms with Gasteiger partial charge in [0.1, 0.15) is 42.3 Å².